The number of likely N-dealkylation sites (tertiary alicyclic amines) is 1. The number of anilines is 2. The zero-order valence-corrected chi connectivity index (χ0v) is 18.2. The van der Waals surface area contributed by atoms with Gasteiger partial charge in [0.05, 0.1) is 32.0 Å². The molecule has 2 amide bonds. The summed E-state index contributed by atoms with van der Waals surface area (Å²) in [5, 5.41) is 6.61. The molecule has 0 bridgehead atoms. The Balaban J connectivity index is 1.55. The third-order valence-corrected chi connectivity index (χ3v) is 6.83. The van der Waals surface area contributed by atoms with Gasteiger partial charge in [0.15, 0.2) is 0 Å². The van der Waals surface area contributed by atoms with Gasteiger partial charge in [0.2, 0.25) is 5.91 Å². The lowest BCUT2D eigenvalue weighted by atomic mass is 10.1. The fourth-order valence-electron chi connectivity index (χ4n) is 4.13. The Bertz CT molecular complexity index is 950. The third-order valence-electron chi connectivity index (χ3n) is 5.62. The summed E-state index contributed by atoms with van der Waals surface area (Å²) in [7, 11) is 3.13. The number of aryl methyl sites for hydroxylation is 1. The minimum Gasteiger partial charge on any atom is -0.497 e. The van der Waals surface area contributed by atoms with Gasteiger partial charge in [-0.1, -0.05) is 0 Å². The van der Waals surface area contributed by atoms with Crippen molar-refractivity contribution >= 4 is 33.8 Å². The van der Waals surface area contributed by atoms with E-state index in [0.29, 0.717) is 34.3 Å². The van der Waals surface area contributed by atoms with Gasteiger partial charge in [-0.2, -0.15) is 0 Å². The minimum atomic E-state index is -0.227. The zero-order valence-electron chi connectivity index (χ0n) is 17.4. The topological polar surface area (TPSA) is 79.9 Å². The van der Waals surface area contributed by atoms with Crippen LogP contribution in [-0.2, 0) is 17.6 Å². The number of rotatable bonds is 7. The number of thiophene rings is 1. The largest absolute Gasteiger partial charge is 0.497 e. The van der Waals surface area contributed by atoms with Crippen molar-refractivity contribution in [2.75, 3.05) is 44.5 Å². The summed E-state index contributed by atoms with van der Waals surface area (Å²) in [5.41, 5.74) is 2.21. The summed E-state index contributed by atoms with van der Waals surface area (Å²) in [6, 6.07) is 5.26. The second-order valence-electron chi connectivity index (χ2n) is 7.61. The number of carbonyl (C=O) groups excluding carboxylic acids is 2. The van der Waals surface area contributed by atoms with Crippen molar-refractivity contribution in [1.82, 2.24) is 4.90 Å². The molecule has 1 aliphatic carbocycles. The molecule has 4 rings (SSSR count). The molecule has 8 heteroatoms. The number of ether oxygens (including phenoxy) is 2. The number of nitrogens with one attached hydrogen (secondary N) is 2. The van der Waals surface area contributed by atoms with Crippen LogP contribution in [0.5, 0.6) is 11.5 Å². The van der Waals surface area contributed by atoms with Gasteiger partial charge in [-0.25, -0.2) is 0 Å². The van der Waals surface area contributed by atoms with Gasteiger partial charge in [-0.05, 0) is 62.9 Å². The molecule has 1 fully saturated rings. The summed E-state index contributed by atoms with van der Waals surface area (Å²) >= 11 is 1.53. The van der Waals surface area contributed by atoms with E-state index in [1.165, 1.54) is 16.2 Å². The number of carbonyl (C=O) groups is 2. The van der Waals surface area contributed by atoms with E-state index < -0.39 is 0 Å². The van der Waals surface area contributed by atoms with Gasteiger partial charge in [0, 0.05) is 10.9 Å². The highest BCUT2D eigenvalue weighted by Crippen LogP contribution is 2.40. The molecule has 2 aliphatic rings. The van der Waals surface area contributed by atoms with Crippen molar-refractivity contribution < 1.29 is 19.1 Å². The van der Waals surface area contributed by atoms with Crippen molar-refractivity contribution in [1.29, 1.82) is 0 Å². The lowest BCUT2D eigenvalue weighted by Crippen LogP contribution is -2.31. The summed E-state index contributed by atoms with van der Waals surface area (Å²) < 4.78 is 10.6. The van der Waals surface area contributed by atoms with Crippen molar-refractivity contribution in [3.63, 3.8) is 0 Å². The van der Waals surface area contributed by atoms with Gasteiger partial charge in [0.1, 0.15) is 16.5 Å². The Kier molecular flexibility index (Phi) is 6.24. The highest BCUT2D eigenvalue weighted by atomic mass is 32.1. The molecule has 30 heavy (non-hydrogen) atoms. The molecule has 2 heterocycles. The molecule has 0 atom stereocenters. The van der Waals surface area contributed by atoms with Crippen molar-refractivity contribution in [2.45, 2.75) is 32.1 Å². The molecule has 1 saturated heterocycles. The SMILES string of the molecule is COc1ccc(NC(=O)c2c(NC(=O)CN3CCCC3)sc3c2CCC3)c(OC)c1. The maximum absolute atomic E-state index is 13.3. The number of nitrogens with zero attached hydrogens (tertiary/aromatic N) is 1. The molecular formula is C22H27N3O4S. The third kappa shape index (κ3) is 4.29. The summed E-state index contributed by atoms with van der Waals surface area (Å²) in [5.74, 6) is 0.882. The van der Waals surface area contributed by atoms with Gasteiger partial charge in [0.25, 0.3) is 5.91 Å². The van der Waals surface area contributed by atoms with Crippen LogP contribution < -0.4 is 20.1 Å². The lowest BCUT2D eigenvalue weighted by molar-refractivity contribution is -0.117. The van der Waals surface area contributed by atoms with E-state index in [1.54, 1.807) is 32.4 Å². The quantitative estimate of drug-likeness (QED) is 0.704. The van der Waals surface area contributed by atoms with Crippen LogP contribution in [0.1, 0.15) is 40.1 Å². The lowest BCUT2D eigenvalue weighted by Gasteiger charge is -2.15. The van der Waals surface area contributed by atoms with Crippen LogP contribution in [0.3, 0.4) is 0 Å². The molecule has 2 aromatic rings. The van der Waals surface area contributed by atoms with E-state index in [0.717, 1.165) is 50.8 Å². The molecule has 0 radical (unpaired) electrons. The van der Waals surface area contributed by atoms with Crippen LogP contribution >= 0.6 is 11.3 Å². The first-order valence-corrected chi connectivity index (χ1v) is 11.1. The first-order chi connectivity index (χ1) is 14.6. The average Bonchev–Trinajstić information content (AvgIpc) is 3.46. The molecule has 1 aromatic heterocycles. The average molecular weight is 430 g/mol. The van der Waals surface area contributed by atoms with Crippen molar-refractivity contribution in [3.05, 3.63) is 34.2 Å². The maximum atomic E-state index is 13.3. The van der Waals surface area contributed by atoms with E-state index >= 15 is 0 Å². The Morgan fingerprint density at radius 1 is 1.07 bits per heavy atom. The van der Waals surface area contributed by atoms with Crippen molar-refractivity contribution in [3.8, 4) is 11.5 Å². The van der Waals surface area contributed by atoms with E-state index in [4.69, 9.17) is 9.47 Å². The summed E-state index contributed by atoms with van der Waals surface area (Å²) in [6.07, 6.45) is 5.12. The monoisotopic (exact) mass is 429 g/mol. The van der Waals surface area contributed by atoms with E-state index in [9.17, 15) is 9.59 Å². The summed E-state index contributed by atoms with van der Waals surface area (Å²) in [6.45, 7) is 2.29. The Hall–Kier alpha value is -2.58. The molecule has 7 nitrogen and oxygen atoms in total. The number of hydrogen-bond donors (Lipinski definition) is 2. The first kappa shape index (κ1) is 20.7. The van der Waals surface area contributed by atoms with Crippen LogP contribution in [0.2, 0.25) is 0 Å². The molecule has 1 aliphatic heterocycles. The molecule has 160 valence electrons. The first-order valence-electron chi connectivity index (χ1n) is 10.3. The van der Waals surface area contributed by atoms with E-state index in [-0.39, 0.29) is 11.8 Å². The highest BCUT2D eigenvalue weighted by molar-refractivity contribution is 7.17. The van der Waals surface area contributed by atoms with Crippen LogP contribution in [0, 0.1) is 0 Å². The minimum absolute atomic E-state index is 0.0621. The number of hydrogen-bond acceptors (Lipinski definition) is 6. The highest BCUT2D eigenvalue weighted by Gasteiger charge is 2.28. The zero-order chi connectivity index (χ0) is 21.1. The van der Waals surface area contributed by atoms with E-state index in [2.05, 4.69) is 15.5 Å². The van der Waals surface area contributed by atoms with Gasteiger partial charge in [-0.3, -0.25) is 14.5 Å². The van der Waals surface area contributed by atoms with Gasteiger partial charge < -0.3 is 20.1 Å². The number of amides is 2. The molecule has 0 saturated carbocycles. The van der Waals surface area contributed by atoms with Crippen molar-refractivity contribution in [2.24, 2.45) is 0 Å². The van der Waals surface area contributed by atoms with Crippen LogP contribution in [0.4, 0.5) is 10.7 Å². The van der Waals surface area contributed by atoms with Gasteiger partial charge in [-0.15, -0.1) is 11.3 Å². The van der Waals surface area contributed by atoms with Crippen LogP contribution in [0.25, 0.3) is 0 Å². The molecule has 0 spiro atoms. The smallest absolute Gasteiger partial charge is 0.259 e. The molecule has 0 unspecified atom stereocenters. The molecule has 1 aromatic carbocycles. The summed E-state index contributed by atoms with van der Waals surface area (Å²) in [4.78, 5) is 29.2. The maximum Gasteiger partial charge on any atom is 0.259 e. The normalized spacial score (nSPS) is 15.7. The van der Waals surface area contributed by atoms with Gasteiger partial charge >= 0.3 is 0 Å². The number of fused-ring (bicyclic) bond motifs is 1. The van der Waals surface area contributed by atoms with Crippen LogP contribution in [0.15, 0.2) is 18.2 Å². The predicted molar refractivity (Wildman–Crippen MR) is 118 cm³/mol. The Labute approximate surface area is 180 Å². The molecular weight excluding hydrogens is 402 g/mol. The fourth-order valence-corrected chi connectivity index (χ4v) is 5.43. The fraction of sp³-hybridized carbons (Fsp3) is 0.455. The second-order valence-corrected chi connectivity index (χ2v) is 8.72. The Morgan fingerprint density at radius 2 is 1.87 bits per heavy atom. The second kappa shape index (κ2) is 9.06. The number of benzene rings is 1. The predicted octanol–water partition coefficient (Wildman–Crippen LogP) is 3.54. The van der Waals surface area contributed by atoms with E-state index in [1.807, 2.05) is 0 Å². The standard InChI is InChI=1S/C22H27N3O4S/c1-28-14-8-9-16(17(12-14)29-2)23-21(27)20-15-6-5-7-18(15)30-22(20)24-19(26)13-25-10-3-4-11-25/h8-9,12H,3-7,10-11,13H2,1-2H3,(H,23,27)(H,24,26). The van der Waals surface area contributed by atoms with Crippen LogP contribution in [-0.4, -0.2) is 50.6 Å². The molecule has 2 N–H and O–H groups in total. The number of methoxy groups -OCH3 is 2. The Morgan fingerprint density at radius 3 is 2.60 bits per heavy atom.